The second-order valence-electron chi connectivity index (χ2n) is 3.99. The Bertz CT molecular complexity index is 385. The third kappa shape index (κ3) is 2.40. The SMILES string of the molecule is NC(=O)c1cc(N)ccc1NCC1CC1. The van der Waals surface area contributed by atoms with Crippen LogP contribution in [0.1, 0.15) is 23.2 Å². The van der Waals surface area contributed by atoms with E-state index in [4.69, 9.17) is 11.5 Å². The van der Waals surface area contributed by atoms with Crippen molar-refractivity contribution in [2.24, 2.45) is 11.7 Å². The molecule has 5 N–H and O–H groups in total. The molecule has 4 heteroatoms. The lowest BCUT2D eigenvalue weighted by molar-refractivity contribution is 0.100. The lowest BCUT2D eigenvalue weighted by atomic mass is 10.1. The monoisotopic (exact) mass is 205 g/mol. The molecule has 0 spiro atoms. The molecule has 1 aromatic carbocycles. The number of benzene rings is 1. The van der Waals surface area contributed by atoms with Gasteiger partial charge in [-0.1, -0.05) is 0 Å². The first-order valence-electron chi connectivity index (χ1n) is 5.10. The Labute approximate surface area is 88.6 Å². The molecule has 0 saturated heterocycles. The molecule has 1 saturated carbocycles. The fraction of sp³-hybridized carbons (Fsp3) is 0.364. The fourth-order valence-electron chi connectivity index (χ4n) is 1.50. The van der Waals surface area contributed by atoms with E-state index in [1.807, 2.05) is 0 Å². The Morgan fingerprint density at radius 3 is 2.80 bits per heavy atom. The molecule has 0 aliphatic heterocycles. The predicted octanol–water partition coefficient (Wildman–Crippen LogP) is 1.19. The highest BCUT2D eigenvalue weighted by molar-refractivity contribution is 5.99. The first kappa shape index (κ1) is 9.83. The molecule has 0 heterocycles. The van der Waals surface area contributed by atoms with Gasteiger partial charge in [0.05, 0.1) is 5.56 Å². The van der Waals surface area contributed by atoms with Crippen molar-refractivity contribution in [3.05, 3.63) is 23.8 Å². The van der Waals surface area contributed by atoms with Gasteiger partial charge >= 0.3 is 0 Å². The van der Waals surface area contributed by atoms with Crippen molar-refractivity contribution in [3.63, 3.8) is 0 Å². The van der Waals surface area contributed by atoms with Gasteiger partial charge in [-0.2, -0.15) is 0 Å². The number of carbonyl (C=O) groups is 1. The summed E-state index contributed by atoms with van der Waals surface area (Å²) in [5.74, 6) is 0.309. The third-order valence-electron chi connectivity index (χ3n) is 2.59. The topological polar surface area (TPSA) is 81.1 Å². The van der Waals surface area contributed by atoms with Gasteiger partial charge in [0, 0.05) is 17.9 Å². The van der Waals surface area contributed by atoms with Gasteiger partial charge in [0.1, 0.15) is 0 Å². The molecule has 1 aromatic rings. The minimum atomic E-state index is -0.444. The molecule has 1 aliphatic carbocycles. The number of nitrogen functional groups attached to an aromatic ring is 1. The number of nitrogens with one attached hydrogen (secondary N) is 1. The van der Waals surface area contributed by atoms with Crippen LogP contribution in [-0.2, 0) is 0 Å². The number of hydrogen-bond acceptors (Lipinski definition) is 3. The molecule has 1 fully saturated rings. The number of primary amides is 1. The first-order chi connectivity index (χ1) is 7.16. The van der Waals surface area contributed by atoms with Gasteiger partial charge in [0.15, 0.2) is 0 Å². The minimum absolute atomic E-state index is 0.444. The number of nitrogens with two attached hydrogens (primary N) is 2. The second kappa shape index (κ2) is 3.81. The zero-order valence-corrected chi connectivity index (χ0v) is 8.49. The van der Waals surface area contributed by atoms with Crippen LogP contribution in [0, 0.1) is 5.92 Å². The van der Waals surface area contributed by atoms with Gasteiger partial charge in [0.2, 0.25) is 0 Å². The van der Waals surface area contributed by atoms with E-state index in [0.717, 1.165) is 18.2 Å². The molecule has 0 atom stereocenters. The lowest BCUT2D eigenvalue weighted by Crippen LogP contribution is -2.15. The molecule has 80 valence electrons. The zero-order valence-electron chi connectivity index (χ0n) is 8.49. The standard InChI is InChI=1S/C11H15N3O/c12-8-3-4-10(9(5-8)11(13)15)14-6-7-1-2-7/h3-5,7,14H,1-2,6,12H2,(H2,13,15). The van der Waals surface area contributed by atoms with Crippen LogP contribution in [0.25, 0.3) is 0 Å². The fourth-order valence-corrected chi connectivity index (χ4v) is 1.50. The van der Waals surface area contributed by atoms with Crippen molar-refractivity contribution in [1.29, 1.82) is 0 Å². The Morgan fingerprint density at radius 2 is 2.20 bits per heavy atom. The summed E-state index contributed by atoms with van der Waals surface area (Å²) in [5.41, 5.74) is 12.7. The number of carbonyl (C=O) groups excluding carboxylic acids is 1. The summed E-state index contributed by atoms with van der Waals surface area (Å²) in [5, 5.41) is 3.23. The van der Waals surface area contributed by atoms with Gasteiger partial charge in [-0.3, -0.25) is 4.79 Å². The van der Waals surface area contributed by atoms with Crippen molar-refractivity contribution in [3.8, 4) is 0 Å². The summed E-state index contributed by atoms with van der Waals surface area (Å²) in [6.45, 7) is 0.907. The summed E-state index contributed by atoms with van der Waals surface area (Å²) in [6.07, 6.45) is 2.54. The smallest absolute Gasteiger partial charge is 0.250 e. The van der Waals surface area contributed by atoms with Crippen LogP contribution < -0.4 is 16.8 Å². The molecular weight excluding hydrogens is 190 g/mol. The van der Waals surface area contributed by atoms with Crippen molar-refractivity contribution < 1.29 is 4.79 Å². The quantitative estimate of drug-likeness (QED) is 0.646. The van der Waals surface area contributed by atoms with Gasteiger partial charge in [-0.05, 0) is 37.0 Å². The Morgan fingerprint density at radius 1 is 1.47 bits per heavy atom. The largest absolute Gasteiger partial charge is 0.399 e. The highest BCUT2D eigenvalue weighted by atomic mass is 16.1. The van der Waals surface area contributed by atoms with Crippen LogP contribution in [-0.4, -0.2) is 12.5 Å². The minimum Gasteiger partial charge on any atom is -0.399 e. The van der Waals surface area contributed by atoms with Crippen LogP contribution in [0.5, 0.6) is 0 Å². The van der Waals surface area contributed by atoms with Gasteiger partial charge in [0.25, 0.3) is 5.91 Å². The summed E-state index contributed by atoms with van der Waals surface area (Å²) in [6, 6.07) is 5.18. The molecule has 0 bridgehead atoms. The maximum Gasteiger partial charge on any atom is 0.250 e. The maximum absolute atomic E-state index is 11.2. The van der Waals surface area contributed by atoms with E-state index in [2.05, 4.69) is 5.32 Å². The lowest BCUT2D eigenvalue weighted by Gasteiger charge is -2.09. The molecular formula is C11H15N3O. The molecule has 0 aromatic heterocycles. The molecule has 0 radical (unpaired) electrons. The van der Waals surface area contributed by atoms with E-state index in [0.29, 0.717) is 11.3 Å². The van der Waals surface area contributed by atoms with Crippen molar-refractivity contribution in [2.75, 3.05) is 17.6 Å². The highest BCUT2D eigenvalue weighted by Gasteiger charge is 2.21. The highest BCUT2D eigenvalue weighted by Crippen LogP contribution is 2.29. The van der Waals surface area contributed by atoms with Gasteiger partial charge < -0.3 is 16.8 Å². The molecule has 2 rings (SSSR count). The number of anilines is 2. The summed E-state index contributed by atoms with van der Waals surface area (Å²) in [4.78, 5) is 11.2. The average Bonchev–Trinajstić information content (AvgIpc) is 2.99. The van der Waals surface area contributed by atoms with E-state index < -0.39 is 5.91 Å². The Hall–Kier alpha value is -1.71. The Kier molecular flexibility index (Phi) is 2.49. The number of rotatable bonds is 4. The third-order valence-corrected chi connectivity index (χ3v) is 2.59. The molecule has 0 unspecified atom stereocenters. The zero-order chi connectivity index (χ0) is 10.8. The summed E-state index contributed by atoms with van der Waals surface area (Å²) in [7, 11) is 0. The van der Waals surface area contributed by atoms with E-state index in [-0.39, 0.29) is 0 Å². The van der Waals surface area contributed by atoms with Crippen LogP contribution in [0.15, 0.2) is 18.2 Å². The summed E-state index contributed by atoms with van der Waals surface area (Å²) < 4.78 is 0. The average molecular weight is 205 g/mol. The first-order valence-corrected chi connectivity index (χ1v) is 5.10. The molecule has 1 aliphatic rings. The van der Waals surface area contributed by atoms with Crippen LogP contribution in [0.2, 0.25) is 0 Å². The Balaban J connectivity index is 2.15. The van der Waals surface area contributed by atoms with Gasteiger partial charge in [-0.15, -0.1) is 0 Å². The van der Waals surface area contributed by atoms with Gasteiger partial charge in [-0.25, -0.2) is 0 Å². The number of amides is 1. The maximum atomic E-state index is 11.2. The van der Waals surface area contributed by atoms with E-state index in [1.54, 1.807) is 18.2 Å². The van der Waals surface area contributed by atoms with E-state index in [1.165, 1.54) is 12.8 Å². The van der Waals surface area contributed by atoms with E-state index >= 15 is 0 Å². The second-order valence-corrected chi connectivity index (χ2v) is 3.99. The van der Waals surface area contributed by atoms with Crippen LogP contribution in [0.3, 0.4) is 0 Å². The molecule has 4 nitrogen and oxygen atoms in total. The predicted molar refractivity (Wildman–Crippen MR) is 60.6 cm³/mol. The van der Waals surface area contributed by atoms with E-state index in [9.17, 15) is 4.79 Å². The summed E-state index contributed by atoms with van der Waals surface area (Å²) >= 11 is 0. The van der Waals surface area contributed by atoms with Crippen LogP contribution in [0.4, 0.5) is 11.4 Å². The molecule has 1 amide bonds. The molecule has 15 heavy (non-hydrogen) atoms. The number of hydrogen-bond donors (Lipinski definition) is 3. The van der Waals surface area contributed by atoms with Crippen LogP contribution >= 0.6 is 0 Å². The van der Waals surface area contributed by atoms with Crippen molar-refractivity contribution in [2.45, 2.75) is 12.8 Å². The van der Waals surface area contributed by atoms with Crippen molar-refractivity contribution in [1.82, 2.24) is 0 Å². The normalized spacial score (nSPS) is 14.9. The van der Waals surface area contributed by atoms with Crippen molar-refractivity contribution >= 4 is 17.3 Å².